The average Bonchev–Trinajstić information content (AvgIpc) is 2.76. The van der Waals surface area contributed by atoms with E-state index in [9.17, 15) is 9.59 Å². The van der Waals surface area contributed by atoms with Crippen molar-refractivity contribution in [3.05, 3.63) is 26.7 Å². The van der Waals surface area contributed by atoms with Crippen LogP contribution >= 0.6 is 39.1 Å². The molecule has 1 amide bonds. The Balaban J connectivity index is 2.28. The molecule has 0 N–H and O–H groups in total. The molecule has 1 aliphatic rings. The molecule has 1 aromatic rings. The third kappa shape index (κ3) is 2.88. The van der Waals surface area contributed by atoms with Gasteiger partial charge in [-0.15, -0.1) is 0 Å². The Morgan fingerprint density at radius 1 is 1.42 bits per heavy atom. The number of halogens is 3. The Hall–Kier alpha value is -0.780. The zero-order valence-electron chi connectivity index (χ0n) is 9.95. The highest BCUT2D eigenvalue weighted by atomic mass is 79.9. The molecule has 0 bridgehead atoms. The van der Waals surface area contributed by atoms with Crippen molar-refractivity contribution in [2.75, 3.05) is 18.6 Å². The number of benzene rings is 1. The van der Waals surface area contributed by atoms with Crippen LogP contribution in [0.2, 0.25) is 10.0 Å². The molecule has 2 rings (SSSR count). The third-order valence-corrected chi connectivity index (χ3v) is 4.85. The number of carbonyl (C=O) groups is 2. The number of rotatable bonds is 2. The summed E-state index contributed by atoms with van der Waals surface area (Å²) in [6, 6.07) is 3.27. The minimum atomic E-state index is -0.446. The monoisotopic (exact) mass is 365 g/mol. The lowest BCUT2D eigenvalue weighted by Crippen LogP contribution is -2.26. The third-order valence-electron chi connectivity index (χ3n) is 2.94. The van der Waals surface area contributed by atoms with Gasteiger partial charge in [-0.25, -0.2) is 0 Å². The molecule has 1 fully saturated rings. The van der Waals surface area contributed by atoms with Gasteiger partial charge in [0.1, 0.15) is 0 Å². The Bertz CT molecular complexity index is 527. The van der Waals surface area contributed by atoms with Gasteiger partial charge in [0.15, 0.2) is 0 Å². The van der Waals surface area contributed by atoms with Crippen molar-refractivity contribution in [1.29, 1.82) is 0 Å². The maximum atomic E-state index is 11.9. The first-order valence-electron chi connectivity index (χ1n) is 5.46. The van der Waals surface area contributed by atoms with Crippen molar-refractivity contribution < 1.29 is 14.3 Å². The van der Waals surface area contributed by atoms with Gasteiger partial charge in [0.2, 0.25) is 5.91 Å². The maximum absolute atomic E-state index is 11.9. The summed E-state index contributed by atoms with van der Waals surface area (Å²) in [7, 11) is 1.31. The van der Waals surface area contributed by atoms with Crippen LogP contribution in [0.15, 0.2) is 16.6 Å². The van der Waals surface area contributed by atoms with Gasteiger partial charge in [-0.05, 0) is 28.1 Å². The molecule has 102 valence electrons. The minimum Gasteiger partial charge on any atom is -0.469 e. The fourth-order valence-electron chi connectivity index (χ4n) is 1.98. The second kappa shape index (κ2) is 5.69. The second-order valence-corrected chi connectivity index (χ2v) is 5.76. The molecule has 1 atom stereocenters. The summed E-state index contributed by atoms with van der Waals surface area (Å²) in [6.45, 7) is 0.278. The van der Waals surface area contributed by atoms with Gasteiger partial charge in [0.25, 0.3) is 0 Å². The minimum absolute atomic E-state index is 0.137. The number of amides is 1. The van der Waals surface area contributed by atoms with Crippen molar-refractivity contribution in [3.8, 4) is 0 Å². The molecule has 0 spiro atoms. The standard InChI is InChI=1S/C12H10BrCl2NO3/c1-19-12(18)6-2-10(17)16(5-6)7-3-8(14)11(13)9(15)4-7/h3-4,6H,2,5H2,1H3. The molecular weight excluding hydrogens is 357 g/mol. The summed E-state index contributed by atoms with van der Waals surface area (Å²) < 4.78 is 5.24. The van der Waals surface area contributed by atoms with E-state index >= 15 is 0 Å². The lowest BCUT2D eigenvalue weighted by Gasteiger charge is -2.17. The summed E-state index contributed by atoms with van der Waals surface area (Å²) in [6.07, 6.45) is 0.137. The summed E-state index contributed by atoms with van der Waals surface area (Å²) in [5.41, 5.74) is 0.578. The van der Waals surface area contributed by atoms with Crippen LogP contribution in [-0.2, 0) is 14.3 Å². The smallest absolute Gasteiger partial charge is 0.311 e. The molecule has 1 aliphatic heterocycles. The van der Waals surface area contributed by atoms with E-state index in [-0.39, 0.29) is 24.8 Å². The quantitative estimate of drug-likeness (QED) is 0.596. The second-order valence-electron chi connectivity index (χ2n) is 4.15. The van der Waals surface area contributed by atoms with Crippen molar-refractivity contribution in [2.24, 2.45) is 5.92 Å². The highest BCUT2D eigenvalue weighted by Gasteiger charge is 2.36. The van der Waals surface area contributed by atoms with Gasteiger partial charge in [0, 0.05) is 18.7 Å². The number of esters is 1. The topological polar surface area (TPSA) is 46.6 Å². The van der Waals surface area contributed by atoms with E-state index in [1.165, 1.54) is 12.0 Å². The molecule has 1 saturated heterocycles. The summed E-state index contributed by atoms with van der Waals surface area (Å²) in [5, 5.41) is 0.827. The van der Waals surface area contributed by atoms with Crippen molar-refractivity contribution in [2.45, 2.75) is 6.42 Å². The molecule has 1 heterocycles. The van der Waals surface area contributed by atoms with Crippen LogP contribution in [0.25, 0.3) is 0 Å². The first-order valence-corrected chi connectivity index (χ1v) is 7.01. The molecule has 0 aromatic heterocycles. The molecule has 19 heavy (non-hydrogen) atoms. The van der Waals surface area contributed by atoms with Gasteiger partial charge < -0.3 is 9.64 Å². The average molecular weight is 367 g/mol. The molecule has 4 nitrogen and oxygen atoms in total. The van der Waals surface area contributed by atoms with E-state index in [1.54, 1.807) is 12.1 Å². The van der Waals surface area contributed by atoms with Gasteiger partial charge in [-0.2, -0.15) is 0 Å². The Kier molecular flexibility index (Phi) is 4.38. The number of methoxy groups -OCH3 is 1. The van der Waals surface area contributed by atoms with E-state index in [2.05, 4.69) is 20.7 Å². The van der Waals surface area contributed by atoms with E-state index in [0.717, 1.165) is 0 Å². The highest BCUT2D eigenvalue weighted by Crippen LogP contribution is 2.36. The lowest BCUT2D eigenvalue weighted by atomic mass is 10.1. The van der Waals surface area contributed by atoms with Crippen LogP contribution in [0.1, 0.15) is 6.42 Å². The zero-order valence-corrected chi connectivity index (χ0v) is 13.0. The zero-order chi connectivity index (χ0) is 14.2. The van der Waals surface area contributed by atoms with Crippen LogP contribution in [0, 0.1) is 5.92 Å². The predicted molar refractivity (Wildman–Crippen MR) is 76.6 cm³/mol. The van der Waals surface area contributed by atoms with Crippen LogP contribution in [0.3, 0.4) is 0 Å². The highest BCUT2D eigenvalue weighted by molar-refractivity contribution is 9.10. The van der Waals surface area contributed by atoms with Gasteiger partial charge >= 0.3 is 5.97 Å². The Morgan fingerprint density at radius 3 is 2.53 bits per heavy atom. The molecular formula is C12H10BrCl2NO3. The maximum Gasteiger partial charge on any atom is 0.311 e. The van der Waals surface area contributed by atoms with Gasteiger partial charge in [-0.1, -0.05) is 23.2 Å². The summed E-state index contributed by atoms with van der Waals surface area (Å²) in [5.74, 6) is -0.978. The number of anilines is 1. The van der Waals surface area contributed by atoms with Crippen molar-refractivity contribution in [3.63, 3.8) is 0 Å². The first kappa shape index (κ1) is 14.6. The van der Waals surface area contributed by atoms with Crippen LogP contribution in [0.5, 0.6) is 0 Å². The lowest BCUT2D eigenvalue weighted by molar-refractivity contribution is -0.145. The Labute approximate surface area is 128 Å². The van der Waals surface area contributed by atoms with Crippen molar-refractivity contribution >= 4 is 56.7 Å². The summed E-state index contributed by atoms with van der Waals surface area (Å²) in [4.78, 5) is 24.9. The van der Waals surface area contributed by atoms with E-state index in [4.69, 9.17) is 23.2 Å². The molecule has 1 aromatic carbocycles. The molecule has 0 radical (unpaired) electrons. The van der Waals surface area contributed by atoms with E-state index < -0.39 is 5.92 Å². The fourth-order valence-corrected chi connectivity index (χ4v) is 2.68. The number of hydrogen-bond donors (Lipinski definition) is 0. The number of hydrogen-bond acceptors (Lipinski definition) is 3. The summed E-state index contributed by atoms with van der Waals surface area (Å²) >= 11 is 15.3. The largest absolute Gasteiger partial charge is 0.469 e. The van der Waals surface area contributed by atoms with E-state index in [0.29, 0.717) is 20.2 Å². The van der Waals surface area contributed by atoms with Crippen LogP contribution in [-0.4, -0.2) is 25.5 Å². The van der Waals surface area contributed by atoms with Crippen LogP contribution in [0.4, 0.5) is 5.69 Å². The Morgan fingerprint density at radius 2 is 2.00 bits per heavy atom. The van der Waals surface area contributed by atoms with Gasteiger partial charge in [-0.3, -0.25) is 9.59 Å². The normalized spacial score (nSPS) is 18.8. The fraction of sp³-hybridized carbons (Fsp3) is 0.333. The predicted octanol–water partition coefficient (Wildman–Crippen LogP) is 3.28. The molecule has 0 saturated carbocycles. The molecule has 1 unspecified atom stereocenters. The van der Waals surface area contributed by atoms with E-state index in [1.807, 2.05) is 0 Å². The number of nitrogens with zero attached hydrogens (tertiary/aromatic N) is 1. The van der Waals surface area contributed by atoms with Crippen LogP contribution < -0.4 is 4.90 Å². The molecule has 7 heteroatoms. The molecule has 0 aliphatic carbocycles. The number of carbonyl (C=O) groups excluding carboxylic acids is 2. The first-order chi connectivity index (χ1) is 8.93. The van der Waals surface area contributed by atoms with Crippen molar-refractivity contribution in [1.82, 2.24) is 0 Å². The van der Waals surface area contributed by atoms with Gasteiger partial charge in [0.05, 0.1) is 27.5 Å². The SMILES string of the molecule is COC(=O)C1CC(=O)N(c2cc(Cl)c(Br)c(Cl)c2)C1. The number of ether oxygens (including phenoxy) is 1.